The third-order valence-electron chi connectivity index (χ3n) is 4.38. The van der Waals surface area contributed by atoms with Crippen LogP contribution in [0.5, 0.6) is 5.88 Å². The highest BCUT2D eigenvalue weighted by Gasteiger charge is 2.33. The minimum absolute atomic E-state index is 0.0979. The van der Waals surface area contributed by atoms with Crippen molar-refractivity contribution >= 4 is 5.91 Å². The number of aromatic nitrogens is 3. The van der Waals surface area contributed by atoms with Gasteiger partial charge in [-0.2, -0.15) is 13.2 Å². The van der Waals surface area contributed by atoms with E-state index in [2.05, 4.69) is 19.7 Å². The number of primary amides is 1. The molecular formula is C20H16F6N4O3. The summed E-state index contributed by atoms with van der Waals surface area (Å²) in [4.78, 5) is 21.4. The van der Waals surface area contributed by atoms with Gasteiger partial charge < -0.3 is 14.9 Å². The monoisotopic (exact) mass is 474 g/mol. The van der Waals surface area contributed by atoms with Gasteiger partial charge in [0.1, 0.15) is 11.5 Å². The van der Waals surface area contributed by atoms with Gasteiger partial charge in [-0.25, -0.2) is 9.97 Å². The molecule has 1 aliphatic carbocycles. The standard InChI is InChI=1S/C13H11F3N2O.C7H5F3N2O2/c14-13(15,16)11-7-8(5-6-17-11)12-18-9-3-1-2-4-10(9)19-12;8-7(9,10)14-5-3-4(6(11)13)1-2-12-5/h5-7H,1-4H2;1-3H,(H2,11,13). The van der Waals surface area contributed by atoms with E-state index < -0.39 is 30.0 Å². The van der Waals surface area contributed by atoms with Crippen molar-refractivity contribution in [2.24, 2.45) is 5.73 Å². The van der Waals surface area contributed by atoms with Gasteiger partial charge in [-0.1, -0.05) is 0 Å². The number of carbonyl (C=O) groups excluding carboxylic acids is 1. The zero-order chi connectivity index (χ0) is 24.2. The first kappa shape index (κ1) is 24.0. The highest BCUT2D eigenvalue weighted by Crippen LogP contribution is 2.32. The van der Waals surface area contributed by atoms with E-state index in [4.69, 9.17) is 10.2 Å². The van der Waals surface area contributed by atoms with Crippen molar-refractivity contribution in [2.45, 2.75) is 38.2 Å². The summed E-state index contributed by atoms with van der Waals surface area (Å²) in [7, 11) is 0. The van der Waals surface area contributed by atoms with Crippen LogP contribution < -0.4 is 10.5 Å². The molecule has 3 aromatic heterocycles. The van der Waals surface area contributed by atoms with Gasteiger partial charge in [0.25, 0.3) is 0 Å². The predicted octanol–water partition coefficient (Wildman–Crippen LogP) is 4.71. The van der Waals surface area contributed by atoms with Crippen molar-refractivity contribution in [3.05, 3.63) is 59.4 Å². The smallest absolute Gasteiger partial charge is 0.441 e. The minimum atomic E-state index is -4.83. The fraction of sp³-hybridized carbons (Fsp3) is 0.300. The summed E-state index contributed by atoms with van der Waals surface area (Å²) in [5.74, 6) is -0.514. The van der Waals surface area contributed by atoms with Crippen molar-refractivity contribution in [2.75, 3.05) is 0 Å². The Hall–Kier alpha value is -3.64. The molecule has 3 aromatic rings. The number of alkyl halides is 6. The second-order valence-corrected chi connectivity index (χ2v) is 6.82. The summed E-state index contributed by atoms with van der Waals surface area (Å²) in [6.45, 7) is 0. The normalized spacial score (nSPS) is 13.5. The van der Waals surface area contributed by atoms with Gasteiger partial charge in [0.2, 0.25) is 17.7 Å². The second-order valence-electron chi connectivity index (χ2n) is 6.82. The van der Waals surface area contributed by atoms with E-state index in [0.29, 0.717) is 5.56 Å². The Morgan fingerprint density at radius 3 is 2.33 bits per heavy atom. The molecule has 4 rings (SSSR count). The molecule has 1 aliphatic rings. The molecule has 176 valence electrons. The van der Waals surface area contributed by atoms with E-state index in [1.165, 1.54) is 12.1 Å². The van der Waals surface area contributed by atoms with Gasteiger partial charge in [-0.15, -0.1) is 13.2 Å². The van der Waals surface area contributed by atoms with Crippen molar-refractivity contribution in [3.63, 3.8) is 0 Å². The number of hydrogen-bond donors (Lipinski definition) is 1. The number of nitrogens with two attached hydrogens (primary N) is 1. The van der Waals surface area contributed by atoms with Crippen LogP contribution in [0.4, 0.5) is 26.3 Å². The summed E-state index contributed by atoms with van der Waals surface area (Å²) in [6, 6.07) is 4.45. The number of fused-ring (bicyclic) bond motifs is 1. The zero-order valence-corrected chi connectivity index (χ0v) is 16.7. The molecule has 1 amide bonds. The summed E-state index contributed by atoms with van der Waals surface area (Å²) < 4.78 is 81.9. The highest BCUT2D eigenvalue weighted by molar-refractivity contribution is 5.92. The van der Waals surface area contributed by atoms with E-state index in [-0.39, 0.29) is 11.5 Å². The van der Waals surface area contributed by atoms with E-state index in [1.807, 2.05) is 0 Å². The number of rotatable bonds is 3. The molecule has 3 heterocycles. The molecule has 33 heavy (non-hydrogen) atoms. The van der Waals surface area contributed by atoms with Crippen LogP contribution in [0.2, 0.25) is 0 Å². The molecule has 0 aromatic carbocycles. The molecule has 0 bridgehead atoms. The van der Waals surface area contributed by atoms with Gasteiger partial charge in [-0.05, 0) is 37.5 Å². The fourth-order valence-corrected chi connectivity index (χ4v) is 2.93. The third kappa shape index (κ3) is 6.67. The quantitative estimate of drug-likeness (QED) is 0.552. The summed E-state index contributed by atoms with van der Waals surface area (Å²) in [5, 5.41) is 0. The highest BCUT2D eigenvalue weighted by atomic mass is 19.4. The number of pyridine rings is 2. The van der Waals surface area contributed by atoms with E-state index in [9.17, 15) is 31.1 Å². The number of oxazole rings is 1. The average molecular weight is 474 g/mol. The molecule has 7 nitrogen and oxygen atoms in total. The maximum atomic E-state index is 12.6. The molecule has 0 saturated heterocycles. The van der Waals surface area contributed by atoms with Crippen LogP contribution in [-0.2, 0) is 19.0 Å². The van der Waals surface area contributed by atoms with Crippen molar-refractivity contribution in [1.29, 1.82) is 0 Å². The van der Waals surface area contributed by atoms with Gasteiger partial charge in [0.05, 0.1) is 5.69 Å². The lowest BCUT2D eigenvalue weighted by Crippen LogP contribution is -2.18. The predicted molar refractivity (Wildman–Crippen MR) is 101 cm³/mol. The zero-order valence-electron chi connectivity index (χ0n) is 16.7. The lowest BCUT2D eigenvalue weighted by molar-refractivity contribution is -0.276. The molecule has 0 saturated carbocycles. The summed E-state index contributed by atoms with van der Waals surface area (Å²) in [5.41, 5.74) is 5.00. The lowest BCUT2D eigenvalue weighted by Gasteiger charge is -2.07. The Kier molecular flexibility index (Phi) is 6.89. The van der Waals surface area contributed by atoms with Crippen LogP contribution >= 0.6 is 0 Å². The number of nitrogens with zero attached hydrogens (tertiary/aromatic N) is 3. The average Bonchev–Trinajstić information content (AvgIpc) is 3.17. The maximum Gasteiger partial charge on any atom is 0.574 e. The van der Waals surface area contributed by atoms with E-state index in [0.717, 1.165) is 61.7 Å². The van der Waals surface area contributed by atoms with Gasteiger partial charge in [0.15, 0.2) is 0 Å². The molecule has 0 spiro atoms. The number of ether oxygens (including phenoxy) is 1. The number of hydrogen-bond acceptors (Lipinski definition) is 6. The second kappa shape index (κ2) is 9.46. The topological polar surface area (TPSA) is 104 Å². The first-order chi connectivity index (χ1) is 15.4. The number of amides is 1. The first-order valence-electron chi connectivity index (χ1n) is 9.46. The van der Waals surface area contributed by atoms with Crippen LogP contribution in [0.1, 0.15) is 40.3 Å². The molecule has 0 radical (unpaired) electrons. The maximum absolute atomic E-state index is 12.6. The van der Waals surface area contributed by atoms with Gasteiger partial charge >= 0.3 is 12.5 Å². The Bertz CT molecular complexity index is 1100. The van der Waals surface area contributed by atoms with Crippen molar-refractivity contribution in [3.8, 4) is 17.3 Å². The minimum Gasteiger partial charge on any atom is -0.441 e. The van der Waals surface area contributed by atoms with Crippen LogP contribution in [0.15, 0.2) is 41.1 Å². The number of aryl methyl sites for hydroxylation is 2. The van der Waals surface area contributed by atoms with Gasteiger partial charge in [-0.3, -0.25) is 9.78 Å². The first-order valence-corrected chi connectivity index (χ1v) is 9.46. The SMILES string of the molecule is FC(F)(F)c1cc(-c2nc3c(o2)CCCC3)ccn1.NC(=O)c1ccnc(OC(F)(F)F)c1. The van der Waals surface area contributed by atoms with E-state index in [1.54, 1.807) is 0 Å². The molecule has 13 heteroatoms. The van der Waals surface area contributed by atoms with E-state index >= 15 is 0 Å². The third-order valence-corrected chi connectivity index (χ3v) is 4.38. The number of carbonyl (C=O) groups is 1. The molecular weight excluding hydrogens is 458 g/mol. The lowest BCUT2D eigenvalue weighted by atomic mass is 10.0. The largest absolute Gasteiger partial charge is 0.574 e. The Balaban J connectivity index is 0.000000196. The van der Waals surface area contributed by atoms with Crippen LogP contribution in [0.25, 0.3) is 11.5 Å². The Labute approximate surface area is 182 Å². The molecule has 2 N–H and O–H groups in total. The Morgan fingerprint density at radius 1 is 1.00 bits per heavy atom. The molecule has 0 unspecified atom stereocenters. The summed E-state index contributed by atoms with van der Waals surface area (Å²) >= 11 is 0. The Morgan fingerprint density at radius 2 is 1.70 bits per heavy atom. The molecule has 0 aliphatic heterocycles. The van der Waals surface area contributed by atoms with Crippen molar-refractivity contribution < 1.29 is 40.3 Å². The molecule has 0 atom stereocenters. The fourth-order valence-electron chi connectivity index (χ4n) is 2.93. The van der Waals surface area contributed by atoms with Crippen LogP contribution in [0.3, 0.4) is 0 Å². The summed E-state index contributed by atoms with van der Waals surface area (Å²) in [6.07, 6.45) is -3.45. The van der Waals surface area contributed by atoms with Crippen molar-refractivity contribution in [1.82, 2.24) is 15.0 Å². The number of halogens is 6. The van der Waals surface area contributed by atoms with Crippen LogP contribution in [0, 0.1) is 0 Å². The van der Waals surface area contributed by atoms with Crippen LogP contribution in [-0.4, -0.2) is 27.2 Å². The van der Waals surface area contributed by atoms with Gasteiger partial charge in [0, 0.05) is 36.0 Å². The molecule has 0 fully saturated rings.